The summed E-state index contributed by atoms with van der Waals surface area (Å²) in [5.41, 5.74) is 0.0860. The van der Waals surface area contributed by atoms with Crippen LogP contribution in [-0.4, -0.2) is 27.5 Å². The lowest BCUT2D eigenvalue weighted by Crippen LogP contribution is -2.36. The first-order chi connectivity index (χ1) is 9.99. The van der Waals surface area contributed by atoms with Crippen LogP contribution in [0.4, 0.5) is 8.78 Å². The maximum Gasteiger partial charge on any atom is 0.131 e. The molecule has 21 heavy (non-hydrogen) atoms. The van der Waals surface area contributed by atoms with Gasteiger partial charge in [0.25, 0.3) is 0 Å². The van der Waals surface area contributed by atoms with Crippen LogP contribution in [0, 0.1) is 11.6 Å². The van der Waals surface area contributed by atoms with Gasteiger partial charge in [0.2, 0.25) is 0 Å². The molecule has 114 valence electrons. The van der Waals surface area contributed by atoms with E-state index in [1.807, 2.05) is 30.8 Å². The van der Waals surface area contributed by atoms with Crippen LogP contribution in [-0.2, 0) is 0 Å². The molecular weight excluding hydrogens is 276 g/mol. The largest absolute Gasteiger partial charge is 0.387 e. The van der Waals surface area contributed by atoms with Gasteiger partial charge in [-0.3, -0.25) is 4.68 Å². The van der Waals surface area contributed by atoms with E-state index >= 15 is 0 Å². The SMILES string of the molecule is C[C@H](NC[C@@H](O)c1ccc(F)cc1F)[C@@H](C)n1cccn1. The molecule has 4 nitrogen and oxygen atoms in total. The molecule has 0 aliphatic carbocycles. The van der Waals surface area contributed by atoms with Gasteiger partial charge in [-0.05, 0) is 26.0 Å². The molecule has 0 fully saturated rings. The smallest absolute Gasteiger partial charge is 0.131 e. The highest BCUT2D eigenvalue weighted by Crippen LogP contribution is 2.18. The van der Waals surface area contributed by atoms with E-state index in [0.717, 1.165) is 12.1 Å². The molecule has 0 radical (unpaired) electrons. The molecule has 0 aliphatic rings. The number of benzene rings is 1. The summed E-state index contributed by atoms with van der Waals surface area (Å²) in [6.45, 7) is 4.13. The van der Waals surface area contributed by atoms with E-state index in [9.17, 15) is 13.9 Å². The van der Waals surface area contributed by atoms with Crippen LogP contribution in [0.2, 0.25) is 0 Å². The first kappa shape index (κ1) is 15.6. The Morgan fingerprint density at radius 3 is 2.71 bits per heavy atom. The molecule has 2 rings (SSSR count). The Morgan fingerprint density at radius 1 is 1.33 bits per heavy atom. The average Bonchev–Trinajstić information content (AvgIpc) is 2.97. The van der Waals surface area contributed by atoms with Gasteiger partial charge in [0, 0.05) is 36.6 Å². The number of nitrogens with one attached hydrogen (secondary N) is 1. The first-order valence-electron chi connectivity index (χ1n) is 6.84. The first-order valence-corrected chi connectivity index (χ1v) is 6.84. The number of hydrogen-bond donors (Lipinski definition) is 2. The molecule has 6 heteroatoms. The number of aromatic nitrogens is 2. The van der Waals surface area contributed by atoms with Gasteiger partial charge in [-0.2, -0.15) is 5.10 Å². The van der Waals surface area contributed by atoms with Crippen molar-refractivity contribution in [2.45, 2.75) is 32.0 Å². The van der Waals surface area contributed by atoms with Crippen molar-refractivity contribution in [3.63, 3.8) is 0 Å². The molecule has 0 bridgehead atoms. The maximum atomic E-state index is 13.6. The molecule has 2 N–H and O–H groups in total. The molecule has 1 heterocycles. The Hall–Kier alpha value is -1.79. The van der Waals surface area contributed by atoms with Crippen molar-refractivity contribution in [2.24, 2.45) is 0 Å². The molecule has 0 saturated carbocycles. The normalized spacial score (nSPS) is 15.7. The molecule has 0 spiro atoms. The molecule has 0 amide bonds. The van der Waals surface area contributed by atoms with Gasteiger partial charge in [0.15, 0.2) is 0 Å². The van der Waals surface area contributed by atoms with Crippen molar-refractivity contribution in [3.05, 3.63) is 53.9 Å². The average molecular weight is 295 g/mol. The molecular formula is C15H19F2N3O. The second-order valence-electron chi connectivity index (χ2n) is 5.11. The molecule has 3 atom stereocenters. The van der Waals surface area contributed by atoms with E-state index in [4.69, 9.17) is 0 Å². The van der Waals surface area contributed by atoms with Crippen LogP contribution in [0.5, 0.6) is 0 Å². The predicted molar refractivity (Wildman–Crippen MR) is 75.7 cm³/mol. The van der Waals surface area contributed by atoms with Crippen molar-refractivity contribution in [1.29, 1.82) is 0 Å². The van der Waals surface area contributed by atoms with Crippen LogP contribution in [0.15, 0.2) is 36.7 Å². The molecule has 0 saturated heterocycles. The van der Waals surface area contributed by atoms with Gasteiger partial charge in [-0.1, -0.05) is 6.07 Å². The summed E-state index contributed by atoms with van der Waals surface area (Å²) in [4.78, 5) is 0. The fourth-order valence-electron chi connectivity index (χ4n) is 2.10. The Morgan fingerprint density at radius 2 is 2.10 bits per heavy atom. The third-order valence-electron chi connectivity index (χ3n) is 3.62. The Labute approximate surface area is 122 Å². The lowest BCUT2D eigenvalue weighted by Gasteiger charge is -2.23. The van der Waals surface area contributed by atoms with Crippen molar-refractivity contribution in [1.82, 2.24) is 15.1 Å². The van der Waals surface area contributed by atoms with Gasteiger partial charge in [-0.25, -0.2) is 8.78 Å². The lowest BCUT2D eigenvalue weighted by molar-refractivity contribution is 0.161. The summed E-state index contributed by atoms with van der Waals surface area (Å²) in [6, 6.07) is 5.13. The molecule has 1 aromatic carbocycles. The minimum absolute atomic E-state index is 0.0306. The van der Waals surface area contributed by atoms with Crippen molar-refractivity contribution in [2.75, 3.05) is 6.54 Å². The van der Waals surface area contributed by atoms with E-state index in [1.54, 1.807) is 6.20 Å². The number of hydrogen-bond acceptors (Lipinski definition) is 3. The van der Waals surface area contributed by atoms with Gasteiger partial charge in [0.05, 0.1) is 12.1 Å². The number of rotatable bonds is 6. The third-order valence-corrected chi connectivity index (χ3v) is 3.62. The van der Waals surface area contributed by atoms with Crippen LogP contribution >= 0.6 is 0 Å². The summed E-state index contributed by atoms with van der Waals surface area (Å²) in [5.74, 6) is -1.39. The summed E-state index contributed by atoms with van der Waals surface area (Å²) < 4.78 is 28.2. The van der Waals surface area contributed by atoms with Crippen LogP contribution in [0.3, 0.4) is 0 Å². The highest BCUT2D eigenvalue weighted by atomic mass is 19.1. The lowest BCUT2D eigenvalue weighted by atomic mass is 10.1. The Kier molecular flexibility index (Phi) is 5.03. The Bertz CT molecular complexity index is 574. The van der Waals surface area contributed by atoms with Gasteiger partial charge in [-0.15, -0.1) is 0 Å². The molecule has 1 aromatic heterocycles. The summed E-state index contributed by atoms with van der Waals surface area (Å²) in [5, 5.41) is 17.3. The highest BCUT2D eigenvalue weighted by molar-refractivity contribution is 5.21. The zero-order chi connectivity index (χ0) is 15.4. The van der Waals surface area contributed by atoms with Gasteiger partial charge in [0.1, 0.15) is 11.6 Å². The van der Waals surface area contributed by atoms with E-state index in [2.05, 4.69) is 10.4 Å². The van der Waals surface area contributed by atoms with Crippen LogP contribution in [0.25, 0.3) is 0 Å². The van der Waals surface area contributed by atoms with Gasteiger partial charge < -0.3 is 10.4 Å². The number of nitrogens with zero attached hydrogens (tertiary/aromatic N) is 2. The van der Waals surface area contributed by atoms with Crippen molar-refractivity contribution < 1.29 is 13.9 Å². The number of aliphatic hydroxyl groups excluding tert-OH is 1. The number of aliphatic hydroxyl groups is 1. The van der Waals surface area contributed by atoms with E-state index < -0.39 is 17.7 Å². The van der Waals surface area contributed by atoms with Crippen LogP contribution in [0.1, 0.15) is 31.6 Å². The van der Waals surface area contributed by atoms with E-state index in [0.29, 0.717) is 0 Å². The van der Waals surface area contributed by atoms with E-state index in [1.165, 1.54) is 6.07 Å². The predicted octanol–water partition coefficient (Wildman–Crippen LogP) is 2.43. The number of halogens is 2. The zero-order valence-corrected chi connectivity index (χ0v) is 12.0. The molecule has 0 unspecified atom stereocenters. The summed E-state index contributed by atoms with van der Waals surface area (Å²) >= 11 is 0. The molecule has 2 aromatic rings. The highest BCUT2D eigenvalue weighted by Gasteiger charge is 2.18. The third kappa shape index (κ3) is 3.86. The van der Waals surface area contributed by atoms with Gasteiger partial charge >= 0.3 is 0 Å². The zero-order valence-electron chi connectivity index (χ0n) is 12.0. The maximum absolute atomic E-state index is 13.6. The second-order valence-corrected chi connectivity index (χ2v) is 5.11. The van der Waals surface area contributed by atoms with Crippen LogP contribution < -0.4 is 5.32 Å². The second kappa shape index (κ2) is 6.78. The minimum Gasteiger partial charge on any atom is -0.387 e. The standard InChI is InChI=1S/C15H19F2N3O/c1-10(11(2)20-7-3-6-19-20)18-9-15(21)13-5-4-12(16)8-14(13)17/h3-8,10-11,15,18,21H,9H2,1-2H3/t10-,11+,15+/m0/s1. The molecule has 0 aliphatic heterocycles. The summed E-state index contributed by atoms with van der Waals surface area (Å²) in [7, 11) is 0. The topological polar surface area (TPSA) is 50.1 Å². The monoisotopic (exact) mass is 295 g/mol. The minimum atomic E-state index is -1.03. The van der Waals surface area contributed by atoms with E-state index in [-0.39, 0.29) is 24.2 Å². The fourth-order valence-corrected chi connectivity index (χ4v) is 2.10. The summed E-state index contributed by atoms with van der Waals surface area (Å²) in [6.07, 6.45) is 2.53. The van der Waals surface area contributed by atoms with Crippen molar-refractivity contribution >= 4 is 0 Å². The fraction of sp³-hybridized carbons (Fsp3) is 0.400. The quantitative estimate of drug-likeness (QED) is 0.860. The Balaban J connectivity index is 1.93. The van der Waals surface area contributed by atoms with Crippen molar-refractivity contribution in [3.8, 4) is 0 Å².